The van der Waals surface area contributed by atoms with Crippen LogP contribution in [0.2, 0.25) is 0 Å². The van der Waals surface area contributed by atoms with Crippen LogP contribution in [0.1, 0.15) is 11.7 Å². The zero-order valence-electron chi connectivity index (χ0n) is 10.4. The van der Waals surface area contributed by atoms with Crippen molar-refractivity contribution in [2.45, 2.75) is 18.6 Å². The number of fused-ring (bicyclic) bond motifs is 1. The summed E-state index contributed by atoms with van der Waals surface area (Å²) in [5.74, 6) is 2.35. The maximum Gasteiger partial charge on any atom is 0.276 e. The molecule has 0 aliphatic heterocycles. The summed E-state index contributed by atoms with van der Waals surface area (Å²) in [6.07, 6.45) is 0.806. The quantitative estimate of drug-likeness (QED) is 0.560. The van der Waals surface area contributed by atoms with Gasteiger partial charge in [0.2, 0.25) is 5.89 Å². The van der Waals surface area contributed by atoms with Crippen LogP contribution < -0.4 is 5.73 Å². The second kappa shape index (κ2) is 4.93. The average Bonchev–Trinajstić information content (AvgIpc) is 2.95. The van der Waals surface area contributed by atoms with E-state index in [1.165, 1.54) is 11.8 Å². The van der Waals surface area contributed by atoms with E-state index < -0.39 is 0 Å². The van der Waals surface area contributed by atoms with Crippen LogP contribution in [0.25, 0.3) is 11.0 Å². The summed E-state index contributed by atoms with van der Waals surface area (Å²) in [5.41, 5.74) is 8.37. The largest absolute Gasteiger partial charge is 0.416 e. The number of aryl methyl sites for hydroxylation is 2. The van der Waals surface area contributed by atoms with Crippen LogP contribution in [0.5, 0.6) is 0 Å². The first-order valence-electron chi connectivity index (χ1n) is 5.88. The Morgan fingerprint density at radius 1 is 1.37 bits per heavy atom. The molecule has 3 N–H and O–H groups in total. The minimum absolute atomic E-state index is 0.585. The summed E-state index contributed by atoms with van der Waals surface area (Å²) in [4.78, 5) is 7.76. The maximum absolute atomic E-state index is 5.73. The Hall–Kier alpha value is -2.02. The molecule has 0 atom stereocenters. The van der Waals surface area contributed by atoms with Crippen molar-refractivity contribution in [3.05, 3.63) is 29.9 Å². The van der Waals surface area contributed by atoms with E-state index in [4.69, 9.17) is 10.2 Å². The third-order valence-electron chi connectivity index (χ3n) is 2.63. The number of imidazole rings is 1. The fraction of sp³-hybridized carbons (Fsp3) is 0.250. The fourth-order valence-corrected chi connectivity index (χ4v) is 2.52. The molecule has 1 aromatic carbocycles. The number of benzene rings is 1. The summed E-state index contributed by atoms with van der Waals surface area (Å²) in [7, 11) is 0. The van der Waals surface area contributed by atoms with Gasteiger partial charge in [-0.15, -0.1) is 10.2 Å². The van der Waals surface area contributed by atoms with Gasteiger partial charge >= 0.3 is 0 Å². The smallest absolute Gasteiger partial charge is 0.276 e. The normalized spacial score (nSPS) is 11.2. The van der Waals surface area contributed by atoms with Crippen molar-refractivity contribution in [3.63, 3.8) is 0 Å². The van der Waals surface area contributed by atoms with Crippen LogP contribution in [0.15, 0.2) is 27.8 Å². The van der Waals surface area contributed by atoms with E-state index >= 15 is 0 Å². The molecule has 0 spiro atoms. The van der Waals surface area contributed by atoms with Gasteiger partial charge in [-0.1, -0.05) is 11.8 Å². The zero-order valence-corrected chi connectivity index (χ0v) is 11.2. The molecule has 6 nitrogen and oxygen atoms in total. The number of aromatic nitrogens is 4. The van der Waals surface area contributed by atoms with E-state index in [1.807, 2.05) is 18.2 Å². The molecule has 3 rings (SSSR count). The van der Waals surface area contributed by atoms with Crippen LogP contribution >= 0.6 is 11.8 Å². The summed E-state index contributed by atoms with van der Waals surface area (Å²) in [5, 5.41) is 8.31. The average molecular weight is 275 g/mol. The van der Waals surface area contributed by atoms with Crippen molar-refractivity contribution in [1.82, 2.24) is 20.2 Å². The molecule has 0 radical (unpaired) electrons. The number of thioether (sulfide) groups is 1. The molecule has 0 saturated carbocycles. The number of nitrogen functional groups attached to an aromatic ring is 1. The van der Waals surface area contributed by atoms with Gasteiger partial charge in [0.15, 0.2) is 0 Å². The van der Waals surface area contributed by atoms with Crippen LogP contribution in [-0.2, 0) is 6.42 Å². The van der Waals surface area contributed by atoms with Gasteiger partial charge in [0.1, 0.15) is 5.82 Å². The Labute approximate surface area is 113 Å². The van der Waals surface area contributed by atoms with E-state index in [-0.39, 0.29) is 0 Å². The Kier molecular flexibility index (Phi) is 3.12. The lowest BCUT2D eigenvalue weighted by molar-refractivity contribution is 0.429. The minimum Gasteiger partial charge on any atom is -0.416 e. The van der Waals surface area contributed by atoms with E-state index in [0.29, 0.717) is 11.1 Å². The SMILES string of the molecule is Cc1nnc(SCCc2nc3ccc(N)cc3[nH]2)o1. The highest BCUT2D eigenvalue weighted by Gasteiger charge is 2.06. The molecule has 0 aliphatic rings. The molecule has 2 aromatic heterocycles. The number of anilines is 1. The number of aromatic amines is 1. The first-order valence-corrected chi connectivity index (χ1v) is 6.86. The number of H-pyrrole nitrogens is 1. The van der Waals surface area contributed by atoms with Crippen LogP contribution in [-0.4, -0.2) is 25.9 Å². The van der Waals surface area contributed by atoms with Gasteiger partial charge in [-0.3, -0.25) is 0 Å². The predicted molar refractivity (Wildman–Crippen MR) is 74.0 cm³/mol. The van der Waals surface area contributed by atoms with Crippen molar-refractivity contribution < 1.29 is 4.42 Å². The van der Waals surface area contributed by atoms with Crippen molar-refractivity contribution in [1.29, 1.82) is 0 Å². The molecule has 2 heterocycles. The zero-order chi connectivity index (χ0) is 13.2. The van der Waals surface area contributed by atoms with Crippen molar-refractivity contribution in [3.8, 4) is 0 Å². The van der Waals surface area contributed by atoms with E-state index in [2.05, 4.69) is 20.2 Å². The fourth-order valence-electron chi connectivity index (χ4n) is 1.77. The molecule has 0 aliphatic carbocycles. The number of hydrogen-bond donors (Lipinski definition) is 2. The number of nitrogens with one attached hydrogen (secondary N) is 1. The summed E-state index contributed by atoms with van der Waals surface area (Å²) < 4.78 is 5.29. The molecule has 0 fully saturated rings. The monoisotopic (exact) mass is 275 g/mol. The standard InChI is InChI=1S/C12H13N5OS/c1-7-16-17-12(18-7)19-5-4-11-14-9-3-2-8(13)6-10(9)15-11/h2-3,6H,4-5,13H2,1H3,(H,14,15). The third-order valence-corrected chi connectivity index (χ3v) is 3.45. The van der Waals surface area contributed by atoms with Crippen LogP contribution in [0, 0.1) is 6.92 Å². The molecule has 0 amide bonds. The number of nitrogens with two attached hydrogens (primary N) is 1. The van der Waals surface area contributed by atoms with Gasteiger partial charge in [-0.25, -0.2) is 4.98 Å². The van der Waals surface area contributed by atoms with Crippen molar-refractivity contribution in [2.24, 2.45) is 0 Å². The van der Waals surface area contributed by atoms with Crippen molar-refractivity contribution in [2.75, 3.05) is 11.5 Å². The molecule has 98 valence electrons. The number of hydrogen-bond acceptors (Lipinski definition) is 6. The van der Waals surface area contributed by atoms with E-state index in [0.717, 1.165) is 34.7 Å². The first kappa shape index (κ1) is 12.0. The lowest BCUT2D eigenvalue weighted by Crippen LogP contribution is -1.91. The van der Waals surface area contributed by atoms with Crippen LogP contribution in [0.3, 0.4) is 0 Å². The summed E-state index contributed by atoms with van der Waals surface area (Å²) in [6.45, 7) is 1.78. The molecule has 0 bridgehead atoms. The lowest BCUT2D eigenvalue weighted by atomic mass is 10.3. The van der Waals surface area contributed by atoms with Gasteiger partial charge in [0, 0.05) is 24.8 Å². The van der Waals surface area contributed by atoms with Gasteiger partial charge in [0.05, 0.1) is 11.0 Å². The Balaban J connectivity index is 1.65. The van der Waals surface area contributed by atoms with Gasteiger partial charge in [0.25, 0.3) is 5.22 Å². The molecular formula is C12H13N5OS. The molecule has 0 saturated heterocycles. The highest BCUT2D eigenvalue weighted by atomic mass is 32.2. The topological polar surface area (TPSA) is 93.6 Å². The van der Waals surface area contributed by atoms with Crippen LogP contribution in [0.4, 0.5) is 5.69 Å². The van der Waals surface area contributed by atoms with Gasteiger partial charge < -0.3 is 15.1 Å². The second-order valence-electron chi connectivity index (χ2n) is 4.15. The van der Waals surface area contributed by atoms with E-state index in [1.54, 1.807) is 6.92 Å². The maximum atomic E-state index is 5.73. The second-order valence-corrected chi connectivity index (χ2v) is 5.19. The van der Waals surface area contributed by atoms with Gasteiger partial charge in [-0.05, 0) is 18.2 Å². The third kappa shape index (κ3) is 2.70. The molecule has 7 heteroatoms. The summed E-state index contributed by atoms with van der Waals surface area (Å²) >= 11 is 1.52. The molecule has 19 heavy (non-hydrogen) atoms. The Morgan fingerprint density at radius 2 is 2.26 bits per heavy atom. The Bertz CT molecular complexity index is 705. The highest BCUT2D eigenvalue weighted by Crippen LogP contribution is 2.19. The first-order chi connectivity index (χ1) is 9.20. The number of nitrogens with zero attached hydrogens (tertiary/aromatic N) is 3. The lowest BCUT2D eigenvalue weighted by Gasteiger charge is -1.93. The highest BCUT2D eigenvalue weighted by molar-refractivity contribution is 7.99. The Morgan fingerprint density at radius 3 is 3.05 bits per heavy atom. The molecule has 3 aromatic rings. The number of rotatable bonds is 4. The van der Waals surface area contributed by atoms with E-state index in [9.17, 15) is 0 Å². The summed E-state index contributed by atoms with van der Waals surface area (Å²) in [6, 6.07) is 5.66. The predicted octanol–water partition coefficient (Wildman–Crippen LogP) is 2.17. The molecular weight excluding hydrogens is 262 g/mol. The molecule has 0 unspecified atom stereocenters. The van der Waals surface area contributed by atoms with Crippen molar-refractivity contribution >= 4 is 28.5 Å². The minimum atomic E-state index is 0.585. The van der Waals surface area contributed by atoms with Gasteiger partial charge in [-0.2, -0.15) is 0 Å².